The summed E-state index contributed by atoms with van der Waals surface area (Å²) in [6, 6.07) is 7.68. The van der Waals surface area contributed by atoms with E-state index in [1.165, 1.54) is 0 Å². The molecule has 102 valence electrons. The number of hydrogen-bond acceptors (Lipinski definition) is 4. The maximum Gasteiger partial charge on any atom is 0.226 e. The van der Waals surface area contributed by atoms with E-state index < -0.39 is 0 Å². The molecule has 2 N–H and O–H groups in total. The first kappa shape index (κ1) is 14.0. The minimum absolute atomic E-state index is 0.397. The summed E-state index contributed by atoms with van der Waals surface area (Å²) in [5.41, 5.74) is 6.68. The minimum atomic E-state index is 0.397. The van der Waals surface area contributed by atoms with Crippen LogP contribution in [-0.4, -0.2) is 16.7 Å². The first-order valence-electron chi connectivity index (χ1n) is 6.47. The Kier molecular flexibility index (Phi) is 4.93. The molecule has 0 aliphatic heterocycles. The Bertz CT molecular complexity index is 523. The molecule has 0 radical (unpaired) electrons. The van der Waals surface area contributed by atoms with Crippen molar-refractivity contribution < 1.29 is 4.52 Å². The van der Waals surface area contributed by atoms with Gasteiger partial charge in [-0.25, -0.2) is 0 Å². The number of nitrogens with zero attached hydrogens (tertiary/aromatic N) is 2. The topological polar surface area (TPSA) is 64.9 Å². The maximum absolute atomic E-state index is 6.11. The summed E-state index contributed by atoms with van der Waals surface area (Å²) < 4.78 is 5.25. The van der Waals surface area contributed by atoms with Gasteiger partial charge in [-0.2, -0.15) is 4.98 Å². The zero-order valence-electron chi connectivity index (χ0n) is 11.0. The van der Waals surface area contributed by atoms with Crippen LogP contribution < -0.4 is 5.73 Å². The van der Waals surface area contributed by atoms with E-state index in [-0.39, 0.29) is 0 Å². The van der Waals surface area contributed by atoms with Crippen LogP contribution in [0.5, 0.6) is 0 Å². The standard InChI is InChI=1S/C14H18ClN3O/c1-2-10(9-16)7-14-17-13(18-19-14)8-11-5-3-4-6-12(11)15/h3-6,10H,2,7-9,16H2,1H3. The first-order chi connectivity index (χ1) is 9.22. The highest BCUT2D eigenvalue weighted by atomic mass is 35.5. The fourth-order valence-corrected chi connectivity index (χ4v) is 2.10. The largest absolute Gasteiger partial charge is 0.339 e. The molecule has 2 aromatic rings. The predicted molar refractivity (Wildman–Crippen MR) is 75.1 cm³/mol. The number of nitrogens with two attached hydrogens (primary N) is 1. The molecule has 1 aromatic carbocycles. The minimum Gasteiger partial charge on any atom is -0.339 e. The Balaban J connectivity index is 2.03. The van der Waals surface area contributed by atoms with E-state index in [2.05, 4.69) is 17.1 Å². The van der Waals surface area contributed by atoms with Gasteiger partial charge in [0.1, 0.15) is 0 Å². The highest BCUT2D eigenvalue weighted by Gasteiger charge is 2.13. The van der Waals surface area contributed by atoms with Crippen LogP contribution in [-0.2, 0) is 12.8 Å². The second-order valence-corrected chi connectivity index (χ2v) is 4.99. The van der Waals surface area contributed by atoms with E-state index in [1.54, 1.807) is 0 Å². The van der Waals surface area contributed by atoms with E-state index >= 15 is 0 Å². The molecule has 0 aliphatic rings. The number of hydrogen-bond donors (Lipinski definition) is 1. The van der Waals surface area contributed by atoms with Crippen LogP contribution in [0.3, 0.4) is 0 Å². The van der Waals surface area contributed by atoms with Crippen molar-refractivity contribution in [2.75, 3.05) is 6.54 Å². The van der Waals surface area contributed by atoms with Gasteiger partial charge in [0, 0.05) is 17.9 Å². The summed E-state index contributed by atoms with van der Waals surface area (Å²) in [4.78, 5) is 4.39. The lowest BCUT2D eigenvalue weighted by Gasteiger charge is -2.07. The molecular formula is C14H18ClN3O. The molecule has 0 fully saturated rings. The van der Waals surface area contributed by atoms with Crippen molar-refractivity contribution in [3.63, 3.8) is 0 Å². The average Bonchev–Trinajstić information content (AvgIpc) is 2.86. The molecule has 0 bridgehead atoms. The fourth-order valence-electron chi connectivity index (χ4n) is 1.90. The van der Waals surface area contributed by atoms with Crippen LogP contribution in [0.1, 0.15) is 30.6 Å². The van der Waals surface area contributed by atoms with Crippen LogP contribution in [0.2, 0.25) is 5.02 Å². The lowest BCUT2D eigenvalue weighted by atomic mass is 10.0. The molecule has 1 unspecified atom stereocenters. The van der Waals surface area contributed by atoms with Crippen LogP contribution in [0.4, 0.5) is 0 Å². The molecular weight excluding hydrogens is 262 g/mol. The third kappa shape index (κ3) is 3.78. The molecule has 1 atom stereocenters. The van der Waals surface area contributed by atoms with Gasteiger partial charge in [0.2, 0.25) is 5.89 Å². The second kappa shape index (κ2) is 6.68. The van der Waals surface area contributed by atoms with Crippen LogP contribution >= 0.6 is 11.6 Å². The Morgan fingerprint density at radius 1 is 1.37 bits per heavy atom. The third-order valence-corrected chi connectivity index (χ3v) is 3.56. The number of benzene rings is 1. The van der Waals surface area contributed by atoms with E-state index in [1.807, 2.05) is 24.3 Å². The predicted octanol–water partition coefficient (Wildman–Crippen LogP) is 2.84. The molecule has 0 saturated carbocycles. The summed E-state index contributed by atoms with van der Waals surface area (Å²) in [6.45, 7) is 2.75. The van der Waals surface area contributed by atoms with Crippen molar-refractivity contribution in [1.29, 1.82) is 0 Å². The zero-order chi connectivity index (χ0) is 13.7. The average molecular weight is 280 g/mol. The molecule has 0 aliphatic carbocycles. The van der Waals surface area contributed by atoms with Gasteiger partial charge in [0.05, 0.1) is 0 Å². The summed E-state index contributed by atoms with van der Waals surface area (Å²) >= 11 is 6.11. The van der Waals surface area contributed by atoms with Crippen molar-refractivity contribution in [3.8, 4) is 0 Å². The monoisotopic (exact) mass is 279 g/mol. The quantitative estimate of drug-likeness (QED) is 0.883. The lowest BCUT2D eigenvalue weighted by Crippen LogP contribution is -2.16. The summed E-state index contributed by atoms with van der Waals surface area (Å²) in [6.07, 6.45) is 2.34. The van der Waals surface area contributed by atoms with Gasteiger partial charge in [-0.15, -0.1) is 0 Å². The maximum atomic E-state index is 6.11. The van der Waals surface area contributed by atoms with E-state index in [0.29, 0.717) is 30.6 Å². The number of rotatable bonds is 6. The molecule has 4 nitrogen and oxygen atoms in total. The van der Waals surface area contributed by atoms with E-state index in [0.717, 1.165) is 23.4 Å². The van der Waals surface area contributed by atoms with Crippen molar-refractivity contribution >= 4 is 11.6 Å². The first-order valence-corrected chi connectivity index (χ1v) is 6.85. The number of aromatic nitrogens is 2. The van der Waals surface area contributed by atoms with Gasteiger partial charge in [-0.1, -0.05) is 48.3 Å². The van der Waals surface area contributed by atoms with Crippen molar-refractivity contribution in [2.24, 2.45) is 11.7 Å². The third-order valence-electron chi connectivity index (χ3n) is 3.19. The molecule has 5 heteroatoms. The van der Waals surface area contributed by atoms with Gasteiger partial charge in [0.25, 0.3) is 0 Å². The molecule has 0 amide bonds. The van der Waals surface area contributed by atoms with E-state index in [4.69, 9.17) is 21.9 Å². The van der Waals surface area contributed by atoms with Gasteiger partial charge < -0.3 is 10.3 Å². The van der Waals surface area contributed by atoms with Crippen LogP contribution in [0.25, 0.3) is 0 Å². The molecule has 2 rings (SSSR count). The molecule has 1 heterocycles. The normalized spacial score (nSPS) is 12.6. The van der Waals surface area contributed by atoms with Crippen molar-refractivity contribution in [2.45, 2.75) is 26.2 Å². The lowest BCUT2D eigenvalue weighted by molar-refractivity contribution is 0.347. The molecule has 19 heavy (non-hydrogen) atoms. The molecule has 0 saturated heterocycles. The zero-order valence-corrected chi connectivity index (χ0v) is 11.7. The Morgan fingerprint density at radius 3 is 2.84 bits per heavy atom. The molecule has 0 spiro atoms. The second-order valence-electron chi connectivity index (χ2n) is 4.59. The Morgan fingerprint density at radius 2 is 2.16 bits per heavy atom. The van der Waals surface area contributed by atoms with Crippen molar-refractivity contribution in [3.05, 3.63) is 46.6 Å². The Hall–Kier alpha value is -1.39. The van der Waals surface area contributed by atoms with Gasteiger partial charge >= 0.3 is 0 Å². The Labute approximate surface area is 118 Å². The van der Waals surface area contributed by atoms with Gasteiger partial charge in [-0.3, -0.25) is 0 Å². The number of halogens is 1. The summed E-state index contributed by atoms with van der Waals surface area (Å²) in [5.74, 6) is 1.71. The molecule has 1 aromatic heterocycles. The fraction of sp³-hybridized carbons (Fsp3) is 0.429. The highest BCUT2D eigenvalue weighted by molar-refractivity contribution is 6.31. The summed E-state index contributed by atoms with van der Waals surface area (Å²) in [7, 11) is 0. The van der Waals surface area contributed by atoms with Gasteiger partial charge in [0.15, 0.2) is 5.82 Å². The van der Waals surface area contributed by atoms with Crippen molar-refractivity contribution in [1.82, 2.24) is 10.1 Å². The summed E-state index contributed by atoms with van der Waals surface area (Å²) in [5, 5.41) is 4.71. The highest BCUT2D eigenvalue weighted by Crippen LogP contribution is 2.18. The van der Waals surface area contributed by atoms with E-state index in [9.17, 15) is 0 Å². The smallest absolute Gasteiger partial charge is 0.226 e. The van der Waals surface area contributed by atoms with Crippen LogP contribution in [0, 0.1) is 5.92 Å². The van der Waals surface area contributed by atoms with Crippen LogP contribution in [0.15, 0.2) is 28.8 Å². The SMILES string of the molecule is CCC(CN)Cc1nc(Cc2ccccc2Cl)no1. The van der Waals surface area contributed by atoms with Gasteiger partial charge in [-0.05, 0) is 24.1 Å².